The zero-order valence-electron chi connectivity index (χ0n) is 9.00. The van der Waals surface area contributed by atoms with E-state index in [2.05, 4.69) is 21.1 Å². The molecule has 0 unspecified atom stereocenters. The summed E-state index contributed by atoms with van der Waals surface area (Å²) in [7, 11) is 0. The molecule has 7 heteroatoms. The Bertz CT molecular complexity index is 639. The van der Waals surface area contributed by atoms with E-state index < -0.39 is 17.6 Å². The van der Waals surface area contributed by atoms with Crippen molar-refractivity contribution in [3.05, 3.63) is 39.6 Å². The number of aryl methyl sites for hydroxylation is 1. The van der Waals surface area contributed by atoms with E-state index in [4.69, 9.17) is 9.63 Å². The molecule has 2 rings (SSSR count). The van der Waals surface area contributed by atoms with Crippen molar-refractivity contribution in [1.29, 1.82) is 0 Å². The van der Waals surface area contributed by atoms with Crippen LogP contribution in [0.5, 0.6) is 0 Å². The molecule has 0 amide bonds. The Labute approximate surface area is 108 Å². The van der Waals surface area contributed by atoms with E-state index in [0.717, 1.165) is 12.1 Å². The maximum Gasteiger partial charge on any atom is 0.341 e. The largest absolute Gasteiger partial charge is 0.477 e. The highest BCUT2D eigenvalue weighted by atomic mass is 79.9. The molecule has 1 aromatic heterocycles. The summed E-state index contributed by atoms with van der Waals surface area (Å²) in [6, 6.07) is 1.82. The first-order valence-electron chi connectivity index (χ1n) is 4.77. The summed E-state index contributed by atoms with van der Waals surface area (Å²) >= 11 is 2.87. The van der Waals surface area contributed by atoms with Gasteiger partial charge in [-0.15, -0.1) is 0 Å². The molecule has 0 saturated heterocycles. The molecule has 0 fully saturated rings. The number of hydrogen-bond acceptors (Lipinski definition) is 3. The van der Waals surface area contributed by atoms with E-state index in [0.29, 0.717) is 0 Å². The van der Waals surface area contributed by atoms with Crippen LogP contribution in [0, 0.1) is 18.6 Å². The van der Waals surface area contributed by atoms with Crippen LogP contribution in [0.3, 0.4) is 0 Å². The monoisotopic (exact) mass is 317 g/mol. The summed E-state index contributed by atoms with van der Waals surface area (Å²) < 4.78 is 31.6. The van der Waals surface area contributed by atoms with E-state index in [1.54, 1.807) is 0 Å². The predicted molar refractivity (Wildman–Crippen MR) is 61.3 cm³/mol. The van der Waals surface area contributed by atoms with Crippen molar-refractivity contribution >= 4 is 21.9 Å². The lowest BCUT2D eigenvalue weighted by molar-refractivity contribution is 0.0695. The van der Waals surface area contributed by atoms with Gasteiger partial charge in [0.05, 0.1) is 10.0 Å². The highest BCUT2D eigenvalue weighted by Gasteiger charge is 2.26. The van der Waals surface area contributed by atoms with Crippen LogP contribution >= 0.6 is 15.9 Å². The van der Waals surface area contributed by atoms with E-state index >= 15 is 0 Å². The minimum atomic E-state index is -1.32. The van der Waals surface area contributed by atoms with E-state index in [1.807, 2.05) is 0 Å². The van der Waals surface area contributed by atoms with Crippen molar-refractivity contribution < 1.29 is 23.2 Å². The van der Waals surface area contributed by atoms with Crippen LogP contribution in [0.25, 0.3) is 11.3 Å². The Morgan fingerprint density at radius 1 is 1.39 bits per heavy atom. The molecule has 18 heavy (non-hydrogen) atoms. The molecule has 0 aliphatic carbocycles. The fourth-order valence-electron chi connectivity index (χ4n) is 1.54. The van der Waals surface area contributed by atoms with Crippen molar-refractivity contribution in [1.82, 2.24) is 5.16 Å². The van der Waals surface area contributed by atoms with Gasteiger partial charge >= 0.3 is 5.97 Å². The Morgan fingerprint density at radius 3 is 2.61 bits per heavy atom. The molecule has 0 saturated carbocycles. The Hall–Kier alpha value is -1.76. The highest BCUT2D eigenvalue weighted by Crippen LogP contribution is 2.35. The fourth-order valence-corrected chi connectivity index (χ4v) is 2.05. The van der Waals surface area contributed by atoms with Gasteiger partial charge in [0.15, 0.2) is 0 Å². The van der Waals surface area contributed by atoms with Gasteiger partial charge < -0.3 is 9.63 Å². The average molecular weight is 318 g/mol. The molecule has 0 radical (unpaired) electrons. The molecule has 94 valence electrons. The van der Waals surface area contributed by atoms with Gasteiger partial charge in [0, 0.05) is 0 Å². The van der Waals surface area contributed by atoms with E-state index in [-0.39, 0.29) is 27.1 Å². The lowest BCUT2D eigenvalue weighted by Gasteiger charge is -2.04. The zero-order valence-corrected chi connectivity index (χ0v) is 10.6. The summed E-state index contributed by atoms with van der Waals surface area (Å²) in [4.78, 5) is 11.1. The average Bonchev–Trinajstić information content (AvgIpc) is 2.66. The van der Waals surface area contributed by atoms with Crippen molar-refractivity contribution in [2.24, 2.45) is 0 Å². The summed E-state index contributed by atoms with van der Waals surface area (Å²) in [5.74, 6) is -2.81. The topological polar surface area (TPSA) is 63.3 Å². The fraction of sp³-hybridized carbons (Fsp3) is 0.0909. The summed E-state index contributed by atoms with van der Waals surface area (Å²) in [5, 5.41) is 12.5. The molecule has 0 spiro atoms. The molecule has 0 aliphatic rings. The van der Waals surface area contributed by atoms with Crippen LogP contribution in [0.2, 0.25) is 0 Å². The third-order valence-corrected chi connectivity index (χ3v) is 3.13. The van der Waals surface area contributed by atoms with Gasteiger partial charge in [0.1, 0.15) is 28.7 Å². The number of aromatic carboxylic acids is 1. The van der Waals surface area contributed by atoms with Crippen molar-refractivity contribution in [2.75, 3.05) is 0 Å². The molecule has 1 N–H and O–H groups in total. The molecule has 4 nitrogen and oxygen atoms in total. The summed E-state index contributed by atoms with van der Waals surface area (Å²) in [6.07, 6.45) is 0. The number of aromatic nitrogens is 1. The molecular weight excluding hydrogens is 312 g/mol. The lowest BCUT2D eigenvalue weighted by Crippen LogP contribution is -2.01. The second-order valence-corrected chi connectivity index (χ2v) is 4.28. The molecule has 2 aromatic rings. The molecule has 1 aromatic carbocycles. The molecule has 0 bridgehead atoms. The van der Waals surface area contributed by atoms with Crippen LogP contribution in [-0.4, -0.2) is 16.2 Å². The minimum Gasteiger partial charge on any atom is -0.477 e. The van der Waals surface area contributed by atoms with Crippen molar-refractivity contribution in [3.63, 3.8) is 0 Å². The number of rotatable bonds is 2. The van der Waals surface area contributed by atoms with Crippen LogP contribution in [-0.2, 0) is 0 Å². The number of benzene rings is 1. The van der Waals surface area contributed by atoms with Gasteiger partial charge in [0.25, 0.3) is 0 Å². The Morgan fingerprint density at radius 2 is 2.00 bits per heavy atom. The second kappa shape index (κ2) is 4.49. The number of halogens is 3. The van der Waals surface area contributed by atoms with Gasteiger partial charge in [-0.3, -0.25) is 0 Å². The number of nitrogens with zero attached hydrogens (tertiary/aromatic N) is 1. The lowest BCUT2D eigenvalue weighted by atomic mass is 10.1. The Kier molecular flexibility index (Phi) is 3.16. The molecular formula is C11H6BrF2NO3. The maximum absolute atomic E-state index is 13.7. The van der Waals surface area contributed by atoms with Crippen LogP contribution in [0.4, 0.5) is 8.78 Å². The molecule has 1 heterocycles. The van der Waals surface area contributed by atoms with Crippen LogP contribution < -0.4 is 0 Å². The second-order valence-electron chi connectivity index (χ2n) is 3.49. The molecule has 0 aliphatic heterocycles. The smallest absolute Gasteiger partial charge is 0.341 e. The van der Waals surface area contributed by atoms with Gasteiger partial charge in [-0.2, -0.15) is 0 Å². The standard InChI is InChI=1S/C11H6BrF2NO3/c1-4-7(11(16)17)10(15-18-4)8-5(13)2-3-6(14)9(8)12/h2-3H,1H3,(H,16,17). The van der Waals surface area contributed by atoms with Crippen molar-refractivity contribution in [2.45, 2.75) is 6.92 Å². The SMILES string of the molecule is Cc1onc(-c2c(F)ccc(F)c2Br)c1C(=O)O. The number of carboxylic acid groups (broad SMARTS) is 1. The quantitative estimate of drug-likeness (QED) is 0.862. The van der Waals surface area contributed by atoms with Crippen LogP contribution in [0.15, 0.2) is 21.1 Å². The first-order valence-corrected chi connectivity index (χ1v) is 5.56. The van der Waals surface area contributed by atoms with Gasteiger partial charge in [-0.25, -0.2) is 13.6 Å². The summed E-state index contributed by atoms with van der Waals surface area (Å²) in [5.41, 5.74) is -0.812. The first kappa shape index (κ1) is 12.7. The Balaban J connectivity index is 2.78. The number of hydrogen-bond donors (Lipinski definition) is 1. The number of carboxylic acids is 1. The number of carbonyl (C=O) groups is 1. The van der Waals surface area contributed by atoms with Gasteiger partial charge in [0.2, 0.25) is 0 Å². The van der Waals surface area contributed by atoms with Gasteiger partial charge in [-0.05, 0) is 35.0 Å². The predicted octanol–water partition coefficient (Wildman–Crippen LogP) is 3.39. The third-order valence-electron chi connectivity index (χ3n) is 2.36. The highest BCUT2D eigenvalue weighted by molar-refractivity contribution is 9.10. The third kappa shape index (κ3) is 1.90. The van der Waals surface area contributed by atoms with E-state index in [9.17, 15) is 13.6 Å². The summed E-state index contributed by atoms with van der Waals surface area (Å²) in [6.45, 7) is 1.38. The van der Waals surface area contributed by atoms with Crippen molar-refractivity contribution in [3.8, 4) is 11.3 Å². The first-order chi connectivity index (χ1) is 8.43. The maximum atomic E-state index is 13.7. The minimum absolute atomic E-state index is 0.0214. The zero-order chi connectivity index (χ0) is 13.4. The van der Waals surface area contributed by atoms with Crippen LogP contribution in [0.1, 0.15) is 16.1 Å². The van der Waals surface area contributed by atoms with Gasteiger partial charge in [-0.1, -0.05) is 5.16 Å². The van der Waals surface area contributed by atoms with E-state index in [1.165, 1.54) is 6.92 Å². The normalized spacial score (nSPS) is 10.7. The molecule has 0 atom stereocenters.